The van der Waals surface area contributed by atoms with E-state index in [4.69, 9.17) is 0 Å². The van der Waals surface area contributed by atoms with Crippen molar-refractivity contribution >= 4 is 0 Å². The van der Waals surface area contributed by atoms with Crippen molar-refractivity contribution in [3.05, 3.63) is 0 Å². The van der Waals surface area contributed by atoms with Crippen LogP contribution in [0.3, 0.4) is 0 Å². The lowest BCUT2D eigenvalue weighted by Crippen LogP contribution is -2.33. The quantitative estimate of drug-likeness (QED) is 0.553. The summed E-state index contributed by atoms with van der Waals surface area (Å²) in [6.07, 6.45) is 2.59. The van der Waals surface area contributed by atoms with Crippen molar-refractivity contribution in [2.45, 2.75) is 45.5 Å². The number of hydrogen-bond acceptors (Lipinski definition) is 0. The van der Waals surface area contributed by atoms with Crippen molar-refractivity contribution in [1.82, 2.24) is 0 Å². The molecule has 1 fully saturated rings. The number of rotatable bonds is 1. The third kappa shape index (κ3) is 1.91. The molecule has 1 aliphatic rings. The molecule has 0 nitrogen and oxygen atoms in total. The highest BCUT2D eigenvalue weighted by Crippen LogP contribution is 2.41. The van der Waals surface area contributed by atoms with Crippen LogP contribution in [0, 0.1) is 11.8 Å². The molecule has 1 aliphatic carbocycles. The van der Waals surface area contributed by atoms with E-state index in [-0.39, 0.29) is 6.42 Å². The van der Waals surface area contributed by atoms with Gasteiger partial charge in [0.25, 0.3) is 5.92 Å². The van der Waals surface area contributed by atoms with Crippen molar-refractivity contribution < 1.29 is 8.78 Å². The maximum absolute atomic E-state index is 12.9. The van der Waals surface area contributed by atoms with Gasteiger partial charge in [0.1, 0.15) is 0 Å². The van der Waals surface area contributed by atoms with E-state index in [2.05, 4.69) is 6.92 Å². The molecule has 2 atom stereocenters. The van der Waals surface area contributed by atoms with E-state index in [1.165, 1.54) is 0 Å². The van der Waals surface area contributed by atoms with Crippen LogP contribution in [0.4, 0.5) is 8.78 Å². The molecule has 0 amide bonds. The van der Waals surface area contributed by atoms with Gasteiger partial charge in [-0.05, 0) is 18.8 Å². The molecule has 0 spiro atoms. The molecule has 0 heterocycles. The lowest BCUT2D eigenvalue weighted by molar-refractivity contribution is -0.0909. The normalized spacial score (nSPS) is 37.1. The van der Waals surface area contributed by atoms with Crippen LogP contribution in [0.25, 0.3) is 0 Å². The first-order chi connectivity index (χ1) is 5.06. The molecule has 0 aromatic heterocycles. The molecule has 0 radical (unpaired) electrons. The van der Waals surface area contributed by atoms with Crippen LogP contribution in [-0.4, -0.2) is 5.92 Å². The first-order valence-corrected chi connectivity index (χ1v) is 4.44. The Morgan fingerprint density at radius 3 is 2.55 bits per heavy atom. The molecular weight excluding hydrogens is 146 g/mol. The molecule has 0 bridgehead atoms. The monoisotopic (exact) mass is 162 g/mol. The highest BCUT2D eigenvalue weighted by Gasteiger charge is 2.40. The fourth-order valence-corrected chi connectivity index (χ4v) is 1.80. The van der Waals surface area contributed by atoms with Gasteiger partial charge in [-0.2, -0.15) is 0 Å². The van der Waals surface area contributed by atoms with E-state index >= 15 is 0 Å². The van der Waals surface area contributed by atoms with E-state index in [1.54, 1.807) is 6.92 Å². The summed E-state index contributed by atoms with van der Waals surface area (Å²) in [5, 5.41) is 0. The van der Waals surface area contributed by atoms with Crippen molar-refractivity contribution in [3.8, 4) is 0 Å². The van der Waals surface area contributed by atoms with E-state index < -0.39 is 11.8 Å². The van der Waals surface area contributed by atoms with Crippen molar-refractivity contribution in [1.29, 1.82) is 0 Å². The Morgan fingerprint density at radius 1 is 1.45 bits per heavy atom. The predicted octanol–water partition coefficient (Wildman–Crippen LogP) is 3.47. The largest absolute Gasteiger partial charge is 0.250 e. The third-order valence-electron chi connectivity index (χ3n) is 2.87. The van der Waals surface area contributed by atoms with Gasteiger partial charge in [-0.15, -0.1) is 0 Å². The zero-order chi connectivity index (χ0) is 8.48. The molecule has 0 saturated heterocycles. The first kappa shape index (κ1) is 8.95. The van der Waals surface area contributed by atoms with Crippen molar-refractivity contribution in [3.63, 3.8) is 0 Å². The Hall–Kier alpha value is -0.140. The smallest absolute Gasteiger partial charge is 0.207 e. The molecule has 2 heteroatoms. The second kappa shape index (κ2) is 3.08. The van der Waals surface area contributed by atoms with Crippen molar-refractivity contribution in [2.75, 3.05) is 0 Å². The van der Waals surface area contributed by atoms with Crippen LogP contribution >= 0.6 is 0 Å². The van der Waals surface area contributed by atoms with E-state index in [1.807, 2.05) is 0 Å². The van der Waals surface area contributed by atoms with Crippen LogP contribution in [0.5, 0.6) is 0 Å². The number of halogens is 2. The SMILES string of the molecule is CCC1CCC(F)(F)C(C)C1. The molecule has 0 aliphatic heterocycles. The summed E-state index contributed by atoms with van der Waals surface area (Å²) in [4.78, 5) is 0. The molecule has 0 aromatic rings. The maximum atomic E-state index is 12.9. The first-order valence-electron chi connectivity index (χ1n) is 4.44. The molecule has 1 saturated carbocycles. The summed E-state index contributed by atoms with van der Waals surface area (Å²) >= 11 is 0. The second-order valence-electron chi connectivity index (χ2n) is 3.71. The topological polar surface area (TPSA) is 0 Å². The fraction of sp³-hybridized carbons (Fsp3) is 1.00. The summed E-state index contributed by atoms with van der Waals surface area (Å²) in [7, 11) is 0. The van der Waals surface area contributed by atoms with E-state index in [0.717, 1.165) is 6.42 Å². The highest BCUT2D eigenvalue weighted by atomic mass is 19.3. The highest BCUT2D eigenvalue weighted by molar-refractivity contribution is 4.82. The summed E-state index contributed by atoms with van der Waals surface area (Å²) in [6.45, 7) is 3.75. The van der Waals surface area contributed by atoms with Gasteiger partial charge in [0.2, 0.25) is 0 Å². The minimum atomic E-state index is -2.38. The van der Waals surface area contributed by atoms with Gasteiger partial charge in [-0.1, -0.05) is 20.3 Å². The van der Waals surface area contributed by atoms with Crippen molar-refractivity contribution in [2.24, 2.45) is 11.8 Å². The number of hydrogen-bond donors (Lipinski definition) is 0. The van der Waals surface area contributed by atoms with Crippen LogP contribution in [0.15, 0.2) is 0 Å². The standard InChI is InChI=1S/C9H16F2/c1-3-8-4-5-9(10,11)7(2)6-8/h7-8H,3-6H2,1-2H3. The summed E-state index contributed by atoms with van der Waals surface area (Å²) < 4.78 is 25.8. The van der Waals surface area contributed by atoms with Gasteiger partial charge < -0.3 is 0 Å². The maximum Gasteiger partial charge on any atom is 0.250 e. The van der Waals surface area contributed by atoms with Crippen LogP contribution in [0.2, 0.25) is 0 Å². The van der Waals surface area contributed by atoms with E-state index in [0.29, 0.717) is 18.8 Å². The average molecular weight is 162 g/mol. The van der Waals surface area contributed by atoms with Crippen LogP contribution < -0.4 is 0 Å². The van der Waals surface area contributed by atoms with Gasteiger partial charge in [-0.25, -0.2) is 8.78 Å². The molecule has 0 aromatic carbocycles. The molecule has 11 heavy (non-hydrogen) atoms. The predicted molar refractivity (Wildman–Crippen MR) is 41.7 cm³/mol. The molecular formula is C9H16F2. The van der Waals surface area contributed by atoms with Gasteiger partial charge in [0.15, 0.2) is 0 Å². The molecule has 2 unspecified atom stereocenters. The van der Waals surface area contributed by atoms with Gasteiger partial charge >= 0.3 is 0 Å². The zero-order valence-corrected chi connectivity index (χ0v) is 7.24. The Bertz CT molecular complexity index is 132. The van der Waals surface area contributed by atoms with Gasteiger partial charge in [0.05, 0.1) is 0 Å². The minimum absolute atomic E-state index is 0.104. The zero-order valence-electron chi connectivity index (χ0n) is 7.24. The second-order valence-corrected chi connectivity index (χ2v) is 3.71. The van der Waals surface area contributed by atoms with Crippen LogP contribution in [-0.2, 0) is 0 Å². The summed E-state index contributed by atoms with van der Waals surface area (Å²) in [5.41, 5.74) is 0. The lowest BCUT2D eigenvalue weighted by Gasteiger charge is -2.33. The Labute approximate surface area is 67.0 Å². The molecule has 1 rings (SSSR count). The van der Waals surface area contributed by atoms with Crippen LogP contribution in [0.1, 0.15) is 39.5 Å². The Morgan fingerprint density at radius 2 is 2.09 bits per heavy atom. The Balaban J connectivity index is 2.48. The molecule has 0 N–H and O–H groups in total. The lowest BCUT2D eigenvalue weighted by atomic mass is 9.79. The van der Waals surface area contributed by atoms with E-state index in [9.17, 15) is 8.78 Å². The number of alkyl halides is 2. The molecule has 66 valence electrons. The average Bonchev–Trinajstić information content (AvgIpc) is 1.95. The Kier molecular flexibility index (Phi) is 2.50. The third-order valence-corrected chi connectivity index (χ3v) is 2.87. The minimum Gasteiger partial charge on any atom is -0.207 e. The summed E-state index contributed by atoms with van der Waals surface area (Å²) in [6, 6.07) is 0. The van der Waals surface area contributed by atoms with Gasteiger partial charge in [-0.3, -0.25) is 0 Å². The van der Waals surface area contributed by atoms with Gasteiger partial charge in [0, 0.05) is 12.3 Å². The summed E-state index contributed by atoms with van der Waals surface area (Å²) in [5.74, 6) is -2.24. The fourth-order valence-electron chi connectivity index (χ4n) is 1.80.